The number of nitrogens with one attached hydrogen (secondary N) is 1. The summed E-state index contributed by atoms with van der Waals surface area (Å²) in [5, 5.41) is 11.9. The summed E-state index contributed by atoms with van der Waals surface area (Å²) in [5.74, 6) is -0.243. The maximum atomic E-state index is 13.4. The molecule has 90 valence electrons. The average Bonchev–Trinajstić information content (AvgIpc) is 2.34. The molecule has 2 rings (SSSR count). The molecule has 0 aromatic heterocycles. The first-order valence-corrected chi connectivity index (χ1v) is 6.12. The Balaban J connectivity index is 2.26. The van der Waals surface area contributed by atoms with Crippen molar-refractivity contribution in [2.24, 2.45) is 0 Å². The number of hydrogen-bond acceptors (Lipinski definition) is 2. The van der Waals surface area contributed by atoms with Gasteiger partial charge in [0, 0.05) is 15.8 Å². The molecular formula is C14H10BrFN2. The fourth-order valence-electron chi connectivity index (χ4n) is 1.52. The van der Waals surface area contributed by atoms with Crippen LogP contribution in [0.4, 0.5) is 15.8 Å². The van der Waals surface area contributed by atoms with Gasteiger partial charge in [0.1, 0.15) is 11.9 Å². The van der Waals surface area contributed by atoms with Crippen molar-refractivity contribution >= 4 is 27.3 Å². The van der Waals surface area contributed by atoms with E-state index >= 15 is 0 Å². The van der Waals surface area contributed by atoms with Gasteiger partial charge in [-0.3, -0.25) is 0 Å². The number of benzene rings is 2. The van der Waals surface area contributed by atoms with Gasteiger partial charge in [-0.2, -0.15) is 5.26 Å². The van der Waals surface area contributed by atoms with E-state index in [9.17, 15) is 4.39 Å². The van der Waals surface area contributed by atoms with Gasteiger partial charge in [0.15, 0.2) is 0 Å². The molecule has 18 heavy (non-hydrogen) atoms. The smallest absolute Gasteiger partial charge is 0.128 e. The van der Waals surface area contributed by atoms with E-state index in [2.05, 4.69) is 27.3 Å². The van der Waals surface area contributed by atoms with Gasteiger partial charge in [-0.25, -0.2) is 4.39 Å². The van der Waals surface area contributed by atoms with Crippen LogP contribution in [0.15, 0.2) is 40.9 Å². The summed E-state index contributed by atoms with van der Waals surface area (Å²) in [6.07, 6.45) is 0. The van der Waals surface area contributed by atoms with Crippen LogP contribution in [0.3, 0.4) is 0 Å². The first kappa shape index (κ1) is 12.6. The van der Waals surface area contributed by atoms with Crippen molar-refractivity contribution in [3.63, 3.8) is 0 Å². The lowest BCUT2D eigenvalue weighted by Gasteiger charge is -2.08. The van der Waals surface area contributed by atoms with E-state index in [4.69, 9.17) is 5.26 Å². The third-order valence-electron chi connectivity index (χ3n) is 2.55. The summed E-state index contributed by atoms with van der Waals surface area (Å²) in [4.78, 5) is 0. The van der Waals surface area contributed by atoms with Gasteiger partial charge in [-0.1, -0.05) is 6.07 Å². The average molecular weight is 305 g/mol. The zero-order chi connectivity index (χ0) is 13.1. The molecule has 0 spiro atoms. The predicted octanol–water partition coefficient (Wildman–Crippen LogP) is 4.51. The predicted molar refractivity (Wildman–Crippen MR) is 73.3 cm³/mol. The van der Waals surface area contributed by atoms with Crippen molar-refractivity contribution in [1.82, 2.24) is 0 Å². The van der Waals surface area contributed by atoms with Crippen LogP contribution in [0.5, 0.6) is 0 Å². The van der Waals surface area contributed by atoms with Crippen molar-refractivity contribution in [2.75, 3.05) is 5.32 Å². The van der Waals surface area contributed by atoms with E-state index in [0.717, 1.165) is 5.69 Å². The van der Waals surface area contributed by atoms with Crippen LogP contribution in [0.25, 0.3) is 0 Å². The van der Waals surface area contributed by atoms with E-state index in [1.165, 1.54) is 6.07 Å². The quantitative estimate of drug-likeness (QED) is 0.886. The Morgan fingerprint density at radius 2 is 1.83 bits per heavy atom. The second kappa shape index (κ2) is 5.19. The molecule has 2 aromatic carbocycles. The fraction of sp³-hybridized carbons (Fsp3) is 0.0714. The highest BCUT2D eigenvalue weighted by Crippen LogP contribution is 2.24. The van der Waals surface area contributed by atoms with Gasteiger partial charge in [-0.05, 0) is 58.7 Å². The Kier molecular flexibility index (Phi) is 3.63. The largest absolute Gasteiger partial charge is 0.355 e. The molecule has 0 aliphatic heterocycles. The number of halogens is 2. The third-order valence-corrected chi connectivity index (χ3v) is 3.21. The van der Waals surface area contributed by atoms with E-state index in [1.807, 2.05) is 6.07 Å². The summed E-state index contributed by atoms with van der Waals surface area (Å²) < 4.78 is 14.1. The molecule has 0 amide bonds. The summed E-state index contributed by atoms with van der Waals surface area (Å²) in [6, 6.07) is 12.3. The number of anilines is 2. The first-order chi connectivity index (χ1) is 8.60. The maximum Gasteiger partial charge on any atom is 0.128 e. The van der Waals surface area contributed by atoms with Crippen LogP contribution in [0, 0.1) is 24.1 Å². The Morgan fingerprint density at radius 3 is 2.44 bits per heavy atom. The number of aryl methyl sites for hydroxylation is 1. The molecule has 0 unspecified atom stereocenters. The molecule has 0 fully saturated rings. The van der Waals surface area contributed by atoms with Crippen LogP contribution in [-0.4, -0.2) is 0 Å². The highest BCUT2D eigenvalue weighted by molar-refractivity contribution is 9.10. The van der Waals surface area contributed by atoms with Crippen molar-refractivity contribution in [1.29, 1.82) is 5.26 Å². The Hall–Kier alpha value is -1.86. The number of nitrogens with zero attached hydrogens (tertiary/aromatic N) is 1. The maximum absolute atomic E-state index is 13.4. The Bertz CT molecular complexity index is 632. The van der Waals surface area contributed by atoms with Crippen LogP contribution < -0.4 is 5.32 Å². The van der Waals surface area contributed by atoms with Gasteiger partial charge >= 0.3 is 0 Å². The monoisotopic (exact) mass is 304 g/mol. The van der Waals surface area contributed by atoms with Gasteiger partial charge < -0.3 is 5.32 Å². The highest BCUT2D eigenvalue weighted by Gasteiger charge is 2.03. The molecule has 0 atom stereocenters. The minimum absolute atomic E-state index is 0.243. The van der Waals surface area contributed by atoms with Gasteiger partial charge in [0.25, 0.3) is 0 Å². The van der Waals surface area contributed by atoms with Crippen molar-refractivity contribution < 1.29 is 4.39 Å². The topological polar surface area (TPSA) is 35.8 Å². The van der Waals surface area contributed by atoms with E-state index in [-0.39, 0.29) is 5.82 Å². The molecule has 0 aliphatic carbocycles. The van der Waals surface area contributed by atoms with Crippen LogP contribution in [0.1, 0.15) is 11.1 Å². The molecule has 0 heterocycles. The third kappa shape index (κ3) is 2.69. The summed E-state index contributed by atoms with van der Waals surface area (Å²) in [7, 11) is 0. The Labute approximate surface area is 113 Å². The van der Waals surface area contributed by atoms with Gasteiger partial charge in [0.2, 0.25) is 0 Å². The second-order valence-electron chi connectivity index (χ2n) is 3.90. The fourth-order valence-corrected chi connectivity index (χ4v) is 1.99. The lowest BCUT2D eigenvalue weighted by molar-refractivity contribution is 0.619. The minimum Gasteiger partial charge on any atom is -0.355 e. The van der Waals surface area contributed by atoms with Crippen LogP contribution >= 0.6 is 15.9 Å². The summed E-state index contributed by atoms with van der Waals surface area (Å²) in [6.45, 7) is 1.72. The molecule has 0 radical (unpaired) electrons. The molecule has 0 bridgehead atoms. The minimum atomic E-state index is -0.243. The first-order valence-electron chi connectivity index (χ1n) is 5.33. The van der Waals surface area contributed by atoms with Crippen LogP contribution in [0.2, 0.25) is 0 Å². The second-order valence-corrected chi connectivity index (χ2v) is 4.75. The summed E-state index contributed by atoms with van der Waals surface area (Å²) in [5.41, 5.74) is 2.65. The van der Waals surface area contributed by atoms with Gasteiger partial charge in [-0.15, -0.1) is 0 Å². The normalized spacial score (nSPS) is 9.89. The molecule has 1 N–H and O–H groups in total. The Morgan fingerprint density at radius 1 is 1.17 bits per heavy atom. The SMILES string of the molecule is Cc1ccc(Nc2ccc(C#N)c(Br)c2)cc1F. The molecule has 2 nitrogen and oxygen atoms in total. The van der Waals surface area contributed by atoms with Gasteiger partial charge in [0.05, 0.1) is 5.56 Å². The van der Waals surface area contributed by atoms with Crippen molar-refractivity contribution in [3.8, 4) is 6.07 Å². The molecule has 0 saturated heterocycles. The number of rotatable bonds is 2. The van der Waals surface area contributed by atoms with Crippen molar-refractivity contribution in [3.05, 3.63) is 57.8 Å². The zero-order valence-electron chi connectivity index (χ0n) is 9.67. The van der Waals surface area contributed by atoms with Crippen molar-refractivity contribution in [2.45, 2.75) is 6.92 Å². The molecular weight excluding hydrogens is 295 g/mol. The van der Waals surface area contributed by atoms with E-state index < -0.39 is 0 Å². The van der Waals surface area contributed by atoms with E-state index in [1.54, 1.807) is 31.2 Å². The zero-order valence-corrected chi connectivity index (χ0v) is 11.3. The lowest BCUT2D eigenvalue weighted by atomic mass is 10.2. The van der Waals surface area contributed by atoms with Crippen LogP contribution in [-0.2, 0) is 0 Å². The molecule has 2 aromatic rings. The number of nitriles is 1. The standard InChI is InChI=1S/C14H10BrFN2/c1-9-2-4-12(7-14(9)16)18-11-5-3-10(8-17)13(15)6-11/h2-7,18H,1H3. The molecule has 0 saturated carbocycles. The molecule has 0 aliphatic rings. The lowest BCUT2D eigenvalue weighted by Crippen LogP contribution is -1.93. The van der Waals surface area contributed by atoms with E-state index in [0.29, 0.717) is 21.3 Å². The number of hydrogen-bond donors (Lipinski definition) is 1. The highest BCUT2D eigenvalue weighted by atomic mass is 79.9. The summed E-state index contributed by atoms with van der Waals surface area (Å²) >= 11 is 3.31. The molecule has 4 heteroatoms.